The van der Waals surface area contributed by atoms with Crippen molar-refractivity contribution in [2.24, 2.45) is 11.8 Å². The van der Waals surface area contributed by atoms with Crippen LogP contribution in [0.25, 0.3) is 11.5 Å². The van der Waals surface area contributed by atoms with Crippen LogP contribution in [-0.4, -0.2) is 49.0 Å². The zero-order chi connectivity index (χ0) is 23.6. The molecule has 0 bridgehead atoms. The van der Waals surface area contributed by atoms with Gasteiger partial charge < -0.3 is 9.15 Å². The van der Waals surface area contributed by atoms with Gasteiger partial charge in [-0.2, -0.15) is 4.31 Å². The number of nitrogens with one attached hydrogen (secondary N) is 1. The SMILES string of the molecule is COc1ccccc1-c1nnc(NC(=O)c2ccc(S(=O)(=O)N3C[C@H](C)C[C@@H](C)C3)cc2)o1. The van der Waals surface area contributed by atoms with E-state index >= 15 is 0 Å². The summed E-state index contributed by atoms with van der Waals surface area (Å²) >= 11 is 0. The number of hydrogen-bond acceptors (Lipinski definition) is 7. The fraction of sp³-hybridized carbons (Fsp3) is 0.348. The molecule has 10 heteroatoms. The van der Waals surface area contributed by atoms with Gasteiger partial charge in [0.2, 0.25) is 10.0 Å². The lowest BCUT2D eigenvalue weighted by Crippen LogP contribution is -2.42. The molecule has 0 unspecified atom stereocenters. The molecule has 2 atom stereocenters. The zero-order valence-corrected chi connectivity index (χ0v) is 19.5. The van der Waals surface area contributed by atoms with E-state index in [1.54, 1.807) is 18.2 Å². The van der Waals surface area contributed by atoms with Crippen LogP contribution in [0, 0.1) is 11.8 Å². The van der Waals surface area contributed by atoms with Gasteiger partial charge >= 0.3 is 6.01 Å². The highest BCUT2D eigenvalue weighted by Gasteiger charge is 2.31. The second-order valence-corrected chi connectivity index (χ2v) is 10.3. The smallest absolute Gasteiger partial charge is 0.322 e. The topological polar surface area (TPSA) is 115 Å². The number of benzene rings is 2. The molecule has 0 spiro atoms. The van der Waals surface area contributed by atoms with Crippen molar-refractivity contribution in [3.63, 3.8) is 0 Å². The van der Waals surface area contributed by atoms with Crippen LogP contribution < -0.4 is 10.1 Å². The van der Waals surface area contributed by atoms with Crippen LogP contribution in [0.3, 0.4) is 0 Å². The van der Waals surface area contributed by atoms with Crippen molar-refractivity contribution in [3.05, 3.63) is 54.1 Å². The number of piperidine rings is 1. The van der Waals surface area contributed by atoms with Gasteiger partial charge in [0.15, 0.2) is 0 Å². The summed E-state index contributed by atoms with van der Waals surface area (Å²) in [7, 11) is -2.08. The van der Waals surface area contributed by atoms with Gasteiger partial charge in [0.25, 0.3) is 11.8 Å². The molecule has 2 aromatic carbocycles. The number of aromatic nitrogens is 2. The molecule has 33 heavy (non-hydrogen) atoms. The molecular formula is C23H26N4O5S. The van der Waals surface area contributed by atoms with Gasteiger partial charge in [0.05, 0.1) is 17.6 Å². The lowest BCUT2D eigenvalue weighted by molar-refractivity contribution is 0.102. The van der Waals surface area contributed by atoms with E-state index in [0.717, 1.165) is 6.42 Å². The standard InChI is InChI=1S/C23H26N4O5S/c1-15-12-16(2)14-27(13-15)33(29,30)18-10-8-17(9-11-18)21(28)24-23-26-25-22(32-23)19-6-4-5-7-20(19)31-3/h4-11,15-16H,12-14H2,1-3H3,(H,24,26,28)/t15-,16-/m1/s1. The fourth-order valence-electron chi connectivity index (χ4n) is 4.10. The first-order valence-electron chi connectivity index (χ1n) is 10.7. The molecule has 1 aliphatic rings. The molecule has 4 rings (SSSR count). The van der Waals surface area contributed by atoms with Crippen LogP contribution in [0.15, 0.2) is 57.8 Å². The second kappa shape index (κ2) is 9.32. The van der Waals surface area contributed by atoms with Crippen LogP contribution in [-0.2, 0) is 10.0 Å². The molecule has 1 amide bonds. The molecule has 0 saturated carbocycles. The Labute approximate surface area is 192 Å². The van der Waals surface area contributed by atoms with Crippen LogP contribution in [0.4, 0.5) is 6.01 Å². The third kappa shape index (κ3) is 4.91. The van der Waals surface area contributed by atoms with Crippen molar-refractivity contribution in [2.45, 2.75) is 25.2 Å². The van der Waals surface area contributed by atoms with E-state index in [2.05, 4.69) is 29.4 Å². The van der Waals surface area contributed by atoms with E-state index < -0.39 is 15.9 Å². The summed E-state index contributed by atoms with van der Waals surface area (Å²) in [6, 6.07) is 12.9. The van der Waals surface area contributed by atoms with E-state index in [0.29, 0.717) is 36.2 Å². The average molecular weight is 471 g/mol. The quantitative estimate of drug-likeness (QED) is 0.585. The minimum atomic E-state index is -3.61. The molecule has 2 heterocycles. The molecule has 1 saturated heterocycles. The Morgan fingerprint density at radius 1 is 1.06 bits per heavy atom. The second-order valence-electron chi connectivity index (χ2n) is 8.36. The van der Waals surface area contributed by atoms with Crippen molar-refractivity contribution in [1.29, 1.82) is 0 Å². The molecule has 1 fully saturated rings. The lowest BCUT2D eigenvalue weighted by atomic mass is 9.94. The molecule has 3 aromatic rings. The monoisotopic (exact) mass is 470 g/mol. The first-order valence-corrected chi connectivity index (χ1v) is 12.1. The number of anilines is 1. The van der Waals surface area contributed by atoms with Crippen LogP contribution >= 0.6 is 0 Å². The highest BCUT2D eigenvalue weighted by molar-refractivity contribution is 7.89. The highest BCUT2D eigenvalue weighted by Crippen LogP contribution is 2.30. The summed E-state index contributed by atoms with van der Waals surface area (Å²) in [5.74, 6) is 0.893. The summed E-state index contributed by atoms with van der Waals surface area (Å²) in [4.78, 5) is 12.8. The van der Waals surface area contributed by atoms with Gasteiger partial charge in [0, 0.05) is 18.7 Å². The zero-order valence-electron chi connectivity index (χ0n) is 18.7. The van der Waals surface area contributed by atoms with Crippen molar-refractivity contribution >= 4 is 21.9 Å². The number of rotatable bonds is 6. The normalized spacial score (nSPS) is 19.2. The Balaban J connectivity index is 1.47. The Hall–Kier alpha value is -3.24. The average Bonchev–Trinajstić information content (AvgIpc) is 3.26. The minimum Gasteiger partial charge on any atom is -0.496 e. The van der Waals surface area contributed by atoms with Crippen molar-refractivity contribution in [2.75, 3.05) is 25.5 Å². The maximum Gasteiger partial charge on any atom is 0.322 e. The molecule has 1 N–H and O–H groups in total. The number of ether oxygens (including phenoxy) is 1. The highest BCUT2D eigenvalue weighted by atomic mass is 32.2. The van der Waals surface area contributed by atoms with Crippen molar-refractivity contribution in [3.8, 4) is 17.2 Å². The van der Waals surface area contributed by atoms with Gasteiger partial charge in [0.1, 0.15) is 5.75 Å². The molecule has 0 radical (unpaired) electrons. The van der Waals surface area contributed by atoms with Crippen LogP contribution in [0.1, 0.15) is 30.6 Å². The van der Waals surface area contributed by atoms with E-state index in [1.807, 2.05) is 6.07 Å². The minimum absolute atomic E-state index is 0.0751. The summed E-state index contributed by atoms with van der Waals surface area (Å²) < 4.78 is 38.4. The number of carbonyl (C=O) groups excluding carboxylic acids is 1. The number of hydrogen-bond donors (Lipinski definition) is 1. The maximum atomic E-state index is 13.0. The summed E-state index contributed by atoms with van der Waals surface area (Å²) in [6.07, 6.45) is 1.01. The van der Waals surface area contributed by atoms with Crippen LogP contribution in [0.5, 0.6) is 5.75 Å². The lowest BCUT2D eigenvalue weighted by Gasteiger charge is -2.34. The number of para-hydroxylation sites is 1. The number of methoxy groups -OCH3 is 1. The molecule has 1 aliphatic heterocycles. The van der Waals surface area contributed by atoms with Gasteiger partial charge in [-0.1, -0.05) is 31.1 Å². The molecule has 0 aliphatic carbocycles. The Kier molecular flexibility index (Phi) is 6.48. The van der Waals surface area contributed by atoms with E-state index in [9.17, 15) is 13.2 Å². The van der Waals surface area contributed by atoms with Crippen molar-refractivity contribution in [1.82, 2.24) is 14.5 Å². The largest absolute Gasteiger partial charge is 0.496 e. The number of nitrogens with zero attached hydrogens (tertiary/aromatic N) is 3. The predicted molar refractivity (Wildman–Crippen MR) is 122 cm³/mol. The Bertz CT molecular complexity index is 1230. The predicted octanol–water partition coefficient (Wildman–Crippen LogP) is 3.66. The third-order valence-corrected chi connectivity index (χ3v) is 7.42. The van der Waals surface area contributed by atoms with Gasteiger partial charge in [-0.25, -0.2) is 8.42 Å². The Morgan fingerprint density at radius 3 is 2.39 bits per heavy atom. The molecule has 9 nitrogen and oxygen atoms in total. The van der Waals surface area contributed by atoms with Gasteiger partial charge in [-0.3, -0.25) is 10.1 Å². The van der Waals surface area contributed by atoms with E-state index in [1.165, 1.54) is 35.7 Å². The number of sulfonamides is 1. The Morgan fingerprint density at radius 2 is 1.73 bits per heavy atom. The van der Waals surface area contributed by atoms with Crippen LogP contribution in [0.2, 0.25) is 0 Å². The molecule has 174 valence electrons. The van der Waals surface area contributed by atoms with Gasteiger partial charge in [-0.05, 0) is 54.7 Å². The van der Waals surface area contributed by atoms with Crippen molar-refractivity contribution < 1.29 is 22.4 Å². The van der Waals surface area contributed by atoms with E-state index in [-0.39, 0.29) is 22.4 Å². The maximum absolute atomic E-state index is 13.0. The summed E-state index contributed by atoms with van der Waals surface area (Å²) in [6.45, 7) is 5.12. The third-order valence-electron chi connectivity index (χ3n) is 5.57. The summed E-state index contributed by atoms with van der Waals surface area (Å²) in [5.41, 5.74) is 0.871. The number of amides is 1. The fourth-order valence-corrected chi connectivity index (χ4v) is 5.78. The molecule has 1 aromatic heterocycles. The van der Waals surface area contributed by atoms with Gasteiger partial charge in [-0.15, -0.1) is 5.10 Å². The van der Waals surface area contributed by atoms with E-state index in [4.69, 9.17) is 9.15 Å². The first kappa shape index (κ1) is 22.9. The first-order chi connectivity index (χ1) is 15.8. The summed E-state index contributed by atoms with van der Waals surface area (Å²) in [5, 5.41) is 10.4. The molecular weight excluding hydrogens is 444 g/mol. The number of carbonyl (C=O) groups is 1.